The molecule has 1 aromatic heterocycles. The van der Waals surface area contributed by atoms with Crippen molar-refractivity contribution in [1.82, 2.24) is 0 Å². The number of hydrogen-bond donors (Lipinski definition) is 1. The lowest BCUT2D eigenvalue weighted by molar-refractivity contribution is -0.144. The van der Waals surface area contributed by atoms with Crippen LogP contribution in [-0.4, -0.2) is 36.0 Å². The molecular weight excluding hydrogens is 320 g/mol. The van der Waals surface area contributed by atoms with Gasteiger partial charge in [0.2, 0.25) is 0 Å². The Labute approximate surface area is 138 Å². The molecule has 1 aromatic rings. The normalized spacial score (nSPS) is 10.2. The summed E-state index contributed by atoms with van der Waals surface area (Å²) in [5, 5.41) is 9.87. The summed E-state index contributed by atoms with van der Waals surface area (Å²) >= 11 is 0. The molecule has 1 rings (SSSR count). The van der Waals surface area contributed by atoms with E-state index < -0.39 is 34.7 Å². The van der Waals surface area contributed by atoms with Gasteiger partial charge in [-0.25, -0.2) is 4.79 Å². The maximum atomic E-state index is 12.0. The molecule has 0 fully saturated rings. The van der Waals surface area contributed by atoms with Crippen LogP contribution in [0.5, 0.6) is 5.75 Å². The van der Waals surface area contributed by atoms with Gasteiger partial charge in [0, 0.05) is 18.9 Å². The fraction of sp³-hybridized carbons (Fsp3) is 0.500. The number of ether oxygens (including phenoxy) is 2. The van der Waals surface area contributed by atoms with Crippen molar-refractivity contribution in [2.45, 2.75) is 39.5 Å². The predicted octanol–water partition coefficient (Wildman–Crippen LogP) is 1.37. The minimum Gasteiger partial charge on any atom is -0.507 e. The minimum absolute atomic E-state index is 0.0215. The van der Waals surface area contributed by atoms with Crippen molar-refractivity contribution in [3.05, 3.63) is 27.8 Å². The van der Waals surface area contributed by atoms with Crippen LogP contribution in [-0.2, 0) is 25.5 Å². The average Bonchev–Trinajstić information content (AvgIpc) is 2.51. The first-order chi connectivity index (χ1) is 11.4. The second-order valence-corrected chi connectivity index (χ2v) is 4.79. The molecule has 0 unspecified atom stereocenters. The van der Waals surface area contributed by atoms with E-state index in [1.54, 1.807) is 13.8 Å². The Morgan fingerprint density at radius 2 is 1.62 bits per heavy atom. The third-order valence-corrected chi connectivity index (χ3v) is 3.00. The summed E-state index contributed by atoms with van der Waals surface area (Å²) in [5.74, 6) is -2.23. The molecule has 8 heteroatoms. The standard InChI is InChI=1S/C16H20O8/c1-3-22-13(19)7-5-10-9-12(18)15(16(21)24-10)11(17)6-8-14(20)23-4-2/h9,18H,3-8H2,1-2H3. The van der Waals surface area contributed by atoms with Crippen LogP contribution < -0.4 is 5.63 Å². The molecule has 0 aromatic carbocycles. The van der Waals surface area contributed by atoms with Gasteiger partial charge in [-0.05, 0) is 13.8 Å². The first kappa shape index (κ1) is 19.4. The van der Waals surface area contributed by atoms with Crippen LogP contribution >= 0.6 is 0 Å². The van der Waals surface area contributed by atoms with Crippen molar-refractivity contribution in [3.8, 4) is 5.75 Å². The molecule has 0 atom stereocenters. The molecule has 24 heavy (non-hydrogen) atoms. The molecule has 0 aliphatic rings. The summed E-state index contributed by atoms with van der Waals surface area (Å²) in [6, 6.07) is 1.11. The molecule has 0 aliphatic carbocycles. The molecule has 0 bridgehead atoms. The van der Waals surface area contributed by atoms with E-state index in [-0.39, 0.29) is 44.7 Å². The molecule has 0 saturated carbocycles. The van der Waals surface area contributed by atoms with Crippen LogP contribution in [0.25, 0.3) is 0 Å². The number of carbonyl (C=O) groups is 3. The van der Waals surface area contributed by atoms with E-state index in [0.29, 0.717) is 0 Å². The largest absolute Gasteiger partial charge is 0.507 e. The number of esters is 2. The highest BCUT2D eigenvalue weighted by Gasteiger charge is 2.20. The second kappa shape index (κ2) is 9.49. The summed E-state index contributed by atoms with van der Waals surface area (Å²) in [6.07, 6.45) is -0.444. The first-order valence-electron chi connectivity index (χ1n) is 7.59. The summed E-state index contributed by atoms with van der Waals surface area (Å²) in [6.45, 7) is 3.73. The van der Waals surface area contributed by atoms with E-state index >= 15 is 0 Å². The van der Waals surface area contributed by atoms with Crippen LogP contribution in [0.4, 0.5) is 0 Å². The fourth-order valence-corrected chi connectivity index (χ4v) is 1.94. The van der Waals surface area contributed by atoms with Crippen LogP contribution in [0.15, 0.2) is 15.3 Å². The van der Waals surface area contributed by atoms with Crippen LogP contribution in [0, 0.1) is 0 Å². The van der Waals surface area contributed by atoms with Crippen molar-refractivity contribution in [2.24, 2.45) is 0 Å². The van der Waals surface area contributed by atoms with Crippen LogP contribution in [0.1, 0.15) is 49.2 Å². The number of carbonyl (C=O) groups excluding carboxylic acids is 3. The highest BCUT2D eigenvalue weighted by atomic mass is 16.5. The molecule has 1 heterocycles. The molecule has 0 aliphatic heterocycles. The molecule has 0 amide bonds. The third-order valence-electron chi connectivity index (χ3n) is 3.00. The van der Waals surface area contributed by atoms with E-state index in [2.05, 4.69) is 4.74 Å². The van der Waals surface area contributed by atoms with Crippen molar-refractivity contribution < 1.29 is 33.4 Å². The van der Waals surface area contributed by atoms with E-state index in [1.165, 1.54) is 0 Å². The fourth-order valence-electron chi connectivity index (χ4n) is 1.94. The molecule has 8 nitrogen and oxygen atoms in total. The Hall–Kier alpha value is -2.64. The number of rotatable bonds is 9. The predicted molar refractivity (Wildman–Crippen MR) is 81.8 cm³/mol. The summed E-state index contributed by atoms with van der Waals surface area (Å²) in [7, 11) is 0. The maximum absolute atomic E-state index is 12.0. The molecule has 132 valence electrons. The number of ketones is 1. The van der Waals surface area contributed by atoms with Crippen molar-refractivity contribution in [2.75, 3.05) is 13.2 Å². The number of Topliss-reactive ketones (excluding diaryl/α,β-unsaturated/α-hetero) is 1. The lowest BCUT2D eigenvalue weighted by Gasteiger charge is -2.05. The first-order valence-corrected chi connectivity index (χ1v) is 7.59. The van der Waals surface area contributed by atoms with E-state index in [4.69, 9.17) is 9.15 Å². The summed E-state index contributed by atoms with van der Waals surface area (Å²) in [4.78, 5) is 46.3. The van der Waals surface area contributed by atoms with Gasteiger partial charge in [0.1, 0.15) is 17.1 Å². The van der Waals surface area contributed by atoms with Gasteiger partial charge in [-0.2, -0.15) is 0 Å². The van der Waals surface area contributed by atoms with Crippen LogP contribution in [0.3, 0.4) is 0 Å². The summed E-state index contributed by atoms with van der Waals surface area (Å²) in [5.41, 5.74) is -1.53. The van der Waals surface area contributed by atoms with Gasteiger partial charge in [-0.15, -0.1) is 0 Å². The molecule has 0 radical (unpaired) electrons. The number of hydrogen-bond acceptors (Lipinski definition) is 8. The van der Waals surface area contributed by atoms with Gasteiger partial charge in [0.15, 0.2) is 5.78 Å². The average molecular weight is 340 g/mol. The van der Waals surface area contributed by atoms with Crippen molar-refractivity contribution in [1.29, 1.82) is 0 Å². The quantitative estimate of drug-likeness (QED) is 0.528. The zero-order chi connectivity index (χ0) is 18.1. The van der Waals surface area contributed by atoms with Gasteiger partial charge < -0.3 is 19.0 Å². The van der Waals surface area contributed by atoms with Crippen molar-refractivity contribution in [3.63, 3.8) is 0 Å². The lowest BCUT2D eigenvalue weighted by Crippen LogP contribution is -2.17. The summed E-state index contributed by atoms with van der Waals surface area (Å²) < 4.78 is 14.4. The lowest BCUT2D eigenvalue weighted by atomic mass is 10.1. The Bertz CT molecular complexity index is 659. The zero-order valence-electron chi connectivity index (χ0n) is 13.6. The zero-order valence-corrected chi connectivity index (χ0v) is 13.6. The SMILES string of the molecule is CCOC(=O)CCC(=O)c1c(O)cc(CCC(=O)OCC)oc1=O. The monoisotopic (exact) mass is 340 g/mol. The Morgan fingerprint density at radius 1 is 1.04 bits per heavy atom. The third kappa shape index (κ3) is 5.86. The van der Waals surface area contributed by atoms with Crippen LogP contribution in [0.2, 0.25) is 0 Å². The molecule has 0 saturated heterocycles. The Balaban J connectivity index is 2.77. The van der Waals surface area contributed by atoms with Gasteiger partial charge >= 0.3 is 17.6 Å². The number of aromatic hydroxyl groups is 1. The molecule has 1 N–H and O–H groups in total. The van der Waals surface area contributed by atoms with Gasteiger partial charge in [-0.1, -0.05) is 0 Å². The topological polar surface area (TPSA) is 120 Å². The molecular formula is C16H20O8. The highest BCUT2D eigenvalue weighted by molar-refractivity contribution is 5.99. The Morgan fingerprint density at radius 3 is 2.17 bits per heavy atom. The van der Waals surface area contributed by atoms with E-state index in [9.17, 15) is 24.3 Å². The van der Waals surface area contributed by atoms with E-state index in [0.717, 1.165) is 6.07 Å². The Kier molecular flexibility index (Phi) is 7.67. The maximum Gasteiger partial charge on any atom is 0.350 e. The van der Waals surface area contributed by atoms with Gasteiger partial charge in [0.25, 0.3) is 0 Å². The second-order valence-electron chi connectivity index (χ2n) is 4.79. The minimum atomic E-state index is -1.01. The van der Waals surface area contributed by atoms with Crippen molar-refractivity contribution >= 4 is 17.7 Å². The van der Waals surface area contributed by atoms with E-state index in [1.807, 2.05) is 0 Å². The van der Waals surface area contributed by atoms with Gasteiger partial charge in [-0.3, -0.25) is 14.4 Å². The number of aryl methyl sites for hydroxylation is 1. The van der Waals surface area contributed by atoms with Gasteiger partial charge in [0.05, 0.1) is 26.1 Å². The smallest absolute Gasteiger partial charge is 0.350 e. The molecule has 0 spiro atoms. The highest BCUT2D eigenvalue weighted by Crippen LogP contribution is 2.18.